The van der Waals surface area contributed by atoms with Crippen LogP contribution >= 0.6 is 0 Å². The molecule has 0 aromatic heterocycles. The molecule has 2 aliphatic heterocycles. The highest BCUT2D eigenvalue weighted by molar-refractivity contribution is 6.05. The standard InChI is InChI=1S/C24H29NO2/c1-2-9-20-16-19(13-8-12-18-10-4-3-5-11-18)17-24(27-20)21-14-6-7-15-22(21)25-23(24)26/h3-7,10-11,14-15,19-20H,2,8-9,12-13,16-17H2,1H3,(H,25,26)/t19-,20-,24+/m1/s1. The first-order valence-corrected chi connectivity index (χ1v) is 10.3. The molecule has 2 aromatic rings. The molecule has 1 saturated heterocycles. The smallest absolute Gasteiger partial charge is 0.261 e. The van der Waals surface area contributed by atoms with E-state index in [1.807, 2.05) is 18.2 Å². The zero-order valence-corrected chi connectivity index (χ0v) is 16.1. The van der Waals surface area contributed by atoms with Gasteiger partial charge in [0.1, 0.15) is 0 Å². The van der Waals surface area contributed by atoms with Crippen molar-refractivity contribution in [3.05, 3.63) is 65.7 Å². The third kappa shape index (κ3) is 3.66. The van der Waals surface area contributed by atoms with Crippen LogP contribution in [0.1, 0.15) is 56.6 Å². The minimum Gasteiger partial charge on any atom is -0.357 e. The lowest BCUT2D eigenvalue weighted by atomic mass is 9.77. The number of hydrogen-bond acceptors (Lipinski definition) is 2. The van der Waals surface area contributed by atoms with Gasteiger partial charge in [-0.05, 0) is 56.1 Å². The largest absolute Gasteiger partial charge is 0.357 e. The highest BCUT2D eigenvalue weighted by Crippen LogP contribution is 2.49. The summed E-state index contributed by atoms with van der Waals surface area (Å²) in [5, 5.41) is 3.06. The molecule has 4 rings (SSSR count). The molecule has 0 aliphatic carbocycles. The van der Waals surface area contributed by atoms with E-state index >= 15 is 0 Å². The summed E-state index contributed by atoms with van der Waals surface area (Å²) < 4.78 is 6.50. The van der Waals surface area contributed by atoms with Crippen LogP contribution in [0, 0.1) is 5.92 Å². The lowest BCUT2D eigenvalue weighted by Gasteiger charge is -2.41. The van der Waals surface area contributed by atoms with E-state index in [-0.39, 0.29) is 12.0 Å². The molecule has 1 spiro atoms. The molecule has 1 amide bonds. The first kappa shape index (κ1) is 18.2. The van der Waals surface area contributed by atoms with Crippen molar-refractivity contribution in [1.29, 1.82) is 0 Å². The number of benzene rings is 2. The molecule has 2 aliphatic rings. The van der Waals surface area contributed by atoms with Crippen molar-refractivity contribution in [3.8, 4) is 0 Å². The number of nitrogens with one attached hydrogen (secondary N) is 1. The summed E-state index contributed by atoms with van der Waals surface area (Å²) in [5.74, 6) is 0.550. The molecule has 3 nitrogen and oxygen atoms in total. The maximum absolute atomic E-state index is 13.0. The third-order valence-corrected chi connectivity index (χ3v) is 6.05. The molecule has 2 aromatic carbocycles. The van der Waals surface area contributed by atoms with Crippen molar-refractivity contribution < 1.29 is 9.53 Å². The first-order valence-electron chi connectivity index (χ1n) is 10.3. The van der Waals surface area contributed by atoms with Crippen LogP contribution in [0.3, 0.4) is 0 Å². The van der Waals surface area contributed by atoms with E-state index in [1.165, 1.54) is 5.56 Å². The monoisotopic (exact) mass is 363 g/mol. The van der Waals surface area contributed by atoms with Gasteiger partial charge in [-0.15, -0.1) is 0 Å². The number of rotatable bonds is 6. The summed E-state index contributed by atoms with van der Waals surface area (Å²) in [5.41, 5.74) is 2.56. The molecular weight excluding hydrogens is 334 g/mol. The summed E-state index contributed by atoms with van der Waals surface area (Å²) in [6.07, 6.45) is 7.55. The molecule has 1 N–H and O–H groups in total. The second-order valence-corrected chi connectivity index (χ2v) is 8.04. The number of anilines is 1. The Morgan fingerprint density at radius 1 is 1.07 bits per heavy atom. The maximum atomic E-state index is 13.0. The Hall–Kier alpha value is -2.13. The Kier molecular flexibility index (Phi) is 5.31. The third-order valence-electron chi connectivity index (χ3n) is 6.05. The molecule has 0 bridgehead atoms. The quantitative estimate of drug-likeness (QED) is 0.741. The second-order valence-electron chi connectivity index (χ2n) is 8.04. The minimum absolute atomic E-state index is 0.0255. The Bertz CT molecular complexity index is 788. The Morgan fingerprint density at radius 3 is 2.67 bits per heavy atom. The number of hydrogen-bond donors (Lipinski definition) is 1. The van der Waals surface area contributed by atoms with Crippen molar-refractivity contribution in [2.75, 3.05) is 5.32 Å². The lowest BCUT2D eigenvalue weighted by molar-refractivity contribution is -0.171. The van der Waals surface area contributed by atoms with Gasteiger partial charge in [0, 0.05) is 11.3 Å². The average molecular weight is 364 g/mol. The zero-order chi connectivity index (χ0) is 18.7. The number of ether oxygens (including phenoxy) is 1. The van der Waals surface area contributed by atoms with E-state index in [4.69, 9.17) is 4.74 Å². The van der Waals surface area contributed by atoms with Crippen LogP contribution < -0.4 is 5.32 Å². The van der Waals surface area contributed by atoms with Crippen molar-refractivity contribution in [3.63, 3.8) is 0 Å². The summed E-state index contributed by atoms with van der Waals surface area (Å²) in [4.78, 5) is 13.0. The van der Waals surface area contributed by atoms with Crippen LogP contribution in [0.25, 0.3) is 0 Å². The zero-order valence-electron chi connectivity index (χ0n) is 16.1. The highest BCUT2D eigenvalue weighted by Gasteiger charge is 2.52. The number of aryl methyl sites for hydroxylation is 1. The molecule has 27 heavy (non-hydrogen) atoms. The van der Waals surface area contributed by atoms with Crippen LogP contribution in [0.5, 0.6) is 0 Å². The molecule has 1 fully saturated rings. The Balaban J connectivity index is 1.50. The van der Waals surface area contributed by atoms with Gasteiger partial charge in [0.15, 0.2) is 5.60 Å². The van der Waals surface area contributed by atoms with Crippen LogP contribution in [0.2, 0.25) is 0 Å². The van der Waals surface area contributed by atoms with Gasteiger partial charge < -0.3 is 10.1 Å². The second kappa shape index (κ2) is 7.85. The SMILES string of the molecule is CCC[C@@H]1C[C@@H](CCCc2ccccc2)C[C@@]2(O1)C(=O)Nc1ccccc12. The van der Waals surface area contributed by atoms with Gasteiger partial charge in [0.05, 0.1) is 6.10 Å². The van der Waals surface area contributed by atoms with Crippen LogP contribution in [0.15, 0.2) is 54.6 Å². The molecule has 3 heteroatoms. The molecule has 0 saturated carbocycles. The summed E-state index contributed by atoms with van der Waals surface area (Å²) in [7, 11) is 0. The summed E-state index contributed by atoms with van der Waals surface area (Å²) in [6.45, 7) is 2.19. The van der Waals surface area contributed by atoms with Gasteiger partial charge in [0.25, 0.3) is 5.91 Å². The molecule has 142 valence electrons. The van der Waals surface area contributed by atoms with Gasteiger partial charge >= 0.3 is 0 Å². The van der Waals surface area contributed by atoms with E-state index in [0.29, 0.717) is 5.92 Å². The number of amides is 1. The summed E-state index contributed by atoms with van der Waals surface area (Å²) in [6, 6.07) is 18.7. The van der Waals surface area contributed by atoms with Crippen molar-refractivity contribution >= 4 is 11.6 Å². The van der Waals surface area contributed by atoms with Gasteiger partial charge in [-0.25, -0.2) is 0 Å². The maximum Gasteiger partial charge on any atom is 0.261 e. The van der Waals surface area contributed by atoms with Gasteiger partial charge in [-0.2, -0.15) is 0 Å². The fourth-order valence-electron chi connectivity index (χ4n) is 4.81. The molecule has 2 heterocycles. The van der Waals surface area contributed by atoms with E-state index in [0.717, 1.165) is 56.2 Å². The number of carbonyl (C=O) groups excluding carboxylic acids is 1. The van der Waals surface area contributed by atoms with Crippen molar-refractivity contribution in [2.45, 2.75) is 63.6 Å². The van der Waals surface area contributed by atoms with E-state index < -0.39 is 5.60 Å². The molecular formula is C24H29NO2. The predicted molar refractivity (Wildman–Crippen MR) is 109 cm³/mol. The molecule has 3 atom stereocenters. The predicted octanol–water partition coefficient (Wildman–Crippen LogP) is 5.45. The molecule has 0 unspecified atom stereocenters. The Morgan fingerprint density at radius 2 is 1.85 bits per heavy atom. The van der Waals surface area contributed by atoms with E-state index in [1.54, 1.807) is 0 Å². The van der Waals surface area contributed by atoms with Gasteiger partial charge in [-0.1, -0.05) is 61.9 Å². The van der Waals surface area contributed by atoms with Crippen LogP contribution in [-0.2, 0) is 21.6 Å². The number of carbonyl (C=O) groups is 1. The normalized spacial score (nSPS) is 26.8. The number of para-hydroxylation sites is 1. The van der Waals surface area contributed by atoms with E-state index in [9.17, 15) is 4.79 Å². The average Bonchev–Trinajstić information content (AvgIpc) is 2.94. The van der Waals surface area contributed by atoms with Gasteiger partial charge in [0.2, 0.25) is 0 Å². The highest BCUT2D eigenvalue weighted by atomic mass is 16.5. The minimum atomic E-state index is -0.786. The topological polar surface area (TPSA) is 38.3 Å². The Labute approximate surface area is 162 Å². The molecule has 0 radical (unpaired) electrons. The van der Waals surface area contributed by atoms with Crippen molar-refractivity contribution in [1.82, 2.24) is 0 Å². The van der Waals surface area contributed by atoms with Crippen molar-refractivity contribution in [2.24, 2.45) is 5.92 Å². The fourth-order valence-corrected chi connectivity index (χ4v) is 4.81. The first-order chi connectivity index (χ1) is 13.2. The van der Waals surface area contributed by atoms with Gasteiger partial charge in [-0.3, -0.25) is 4.79 Å². The van der Waals surface area contributed by atoms with Crippen LogP contribution in [0.4, 0.5) is 5.69 Å². The lowest BCUT2D eigenvalue weighted by Crippen LogP contribution is -2.46. The summed E-state index contributed by atoms with van der Waals surface area (Å²) >= 11 is 0. The fraction of sp³-hybridized carbons (Fsp3) is 0.458. The van der Waals surface area contributed by atoms with Crippen LogP contribution in [-0.4, -0.2) is 12.0 Å². The number of fused-ring (bicyclic) bond motifs is 2. The van der Waals surface area contributed by atoms with E-state index in [2.05, 4.69) is 48.6 Å².